The number of H-pyrrole nitrogens is 1. The first kappa shape index (κ1) is 7.78. The zero-order valence-electron chi connectivity index (χ0n) is 7.35. The van der Waals surface area contributed by atoms with Gasteiger partial charge in [0.1, 0.15) is 12.6 Å². The van der Waals surface area contributed by atoms with Crippen molar-refractivity contribution < 1.29 is 4.84 Å². The van der Waals surface area contributed by atoms with Crippen LogP contribution in [0.3, 0.4) is 0 Å². The molecule has 0 aliphatic heterocycles. The van der Waals surface area contributed by atoms with E-state index >= 15 is 0 Å². The van der Waals surface area contributed by atoms with E-state index < -0.39 is 0 Å². The van der Waals surface area contributed by atoms with E-state index in [1.807, 2.05) is 7.05 Å². The fourth-order valence-corrected chi connectivity index (χ4v) is 1.14. The lowest BCUT2D eigenvalue weighted by Crippen LogP contribution is -2.12. The van der Waals surface area contributed by atoms with Crippen LogP contribution in [-0.4, -0.2) is 26.6 Å². The monoisotopic (exact) mass is 179 g/mol. The molecule has 0 atom stereocenters. The largest absolute Gasteiger partial charge is 0.397 e. The molecule has 0 radical (unpaired) electrons. The molecule has 2 aromatic rings. The van der Waals surface area contributed by atoms with Crippen LogP contribution in [0.25, 0.3) is 11.2 Å². The Kier molecular flexibility index (Phi) is 1.73. The number of aryl methyl sites for hydroxylation is 1. The van der Waals surface area contributed by atoms with Gasteiger partial charge >= 0.3 is 0 Å². The van der Waals surface area contributed by atoms with Crippen molar-refractivity contribution in [2.24, 2.45) is 12.2 Å². The smallest absolute Gasteiger partial charge is 0.220 e. The van der Waals surface area contributed by atoms with Crippen LogP contribution in [0.5, 0.6) is 0 Å². The molecule has 0 unspecified atom stereocenters. The Bertz CT molecular complexity index is 483. The molecule has 0 fully saturated rings. The van der Waals surface area contributed by atoms with E-state index in [2.05, 4.69) is 24.9 Å². The van der Waals surface area contributed by atoms with Crippen molar-refractivity contribution in [3.63, 3.8) is 0 Å². The van der Waals surface area contributed by atoms with Gasteiger partial charge in [0.15, 0.2) is 5.65 Å². The van der Waals surface area contributed by atoms with Gasteiger partial charge < -0.3 is 14.4 Å². The van der Waals surface area contributed by atoms with Gasteiger partial charge in [-0.1, -0.05) is 5.16 Å². The van der Waals surface area contributed by atoms with Crippen molar-refractivity contribution >= 4 is 11.2 Å². The van der Waals surface area contributed by atoms with Gasteiger partial charge in [-0.2, -0.15) is 0 Å². The second-order valence-corrected chi connectivity index (χ2v) is 2.55. The van der Waals surface area contributed by atoms with Gasteiger partial charge in [-0.15, -0.1) is 0 Å². The maximum Gasteiger partial charge on any atom is 0.220 e. The van der Waals surface area contributed by atoms with Crippen LogP contribution in [0.2, 0.25) is 0 Å². The number of fused-ring (bicyclic) bond motifs is 1. The molecule has 2 rings (SSSR count). The maximum absolute atomic E-state index is 4.65. The third kappa shape index (κ3) is 1.16. The van der Waals surface area contributed by atoms with E-state index in [0.29, 0.717) is 5.49 Å². The molecule has 0 aliphatic carbocycles. The molecule has 0 bridgehead atoms. The Labute approximate surface area is 73.9 Å². The first-order chi connectivity index (χ1) is 6.33. The molecule has 2 aromatic heterocycles. The Morgan fingerprint density at radius 3 is 3.15 bits per heavy atom. The zero-order valence-corrected chi connectivity index (χ0v) is 7.35. The first-order valence-corrected chi connectivity index (χ1v) is 3.75. The van der Waals surface area contributed by atoms with Gasteiger partial charge in [-0.25, -0.2) is 9.97 Å². The summed E-state index contributed by atoms with van der Waals surface area (Å²) in [5.41, 5.74) is 2.07. The second kappa shape index (κ2) is 2.89. The topological polar surface area (TPSA) is 68.1 Å². The minimum Gasteiger partial charge on any atom is -0.397 e. The minimum atomic E-state index is 0.508. The summed E-state index contributed by atoms with van der Waals surface area (Å²) in [6, 6.07) is 0. The molecule has 0 saturated heterocycles. The van der Waals surface area contributed by atoms with Crippen molar-refractivity contribution in [3.05, 3.63) is 18.1 Å². The quantitative estimate of drug-likeness (QED) is 0.614. The molecular weight excluding hydrogens is 170 g/mol. The highest BCUT2D eigenvalue weighted by Crippen LogP contribution is 1.99. The number of aromatic amines is 1. The van der Waals surface area contributed by atoms with Crippen molar-refractivity contribution in [2.45, 2.75) is 0 Å². The normalized spacial score (nSPS) is 12.3. The summed E-state index contributed by atoms with van der Waals surface area (Å²) in [7, 11) is 3.35. The minimum absolute atomic E-state index is 0.508. The van der Waals surface area contributed by atoms with Crippen LogP contribution in [0, 0.1) is 0 Å². The molecule has 2 heterocycles. The summed E-state index contributed by atoms with van der Waals surface area (Å²) in [5.74, 6) is 0. The Hall–Kier alpha value is -1.85. The van der Waals surface area contributed by atoms with Crippen molar-refractivity contribution in [2.75, 3.05) is 7.11 Å². The predicted octanol–water partition coefficient (Wildman–Crippen LogP) is -0.242. The van der Waals surface area contributed by atoms with Crippen molar-refractivity contribution in [1.82, 2.24) is 19.5 Å². The maximum atomic E-state index is 4.65. The van der Waals surface area contributed by atoms with Gasteiger partial charge in [-0.3, -0.25) is 0 Å². The molecule has 6 nitrogen and oxygen atoms in total. The molecule has 0 amide bonds. The summed E-state index contributed by atoms with van der Waals surface area (Å²) in [6.07, 6.45) is 3.24. The highest BCUT2D eigenvalue weighted by molar-refractivity contribution is 5.68. The third-order valence-corrected chi connectivity index (χ3v) is 1.71. The fourth-order valence-electron chi connectivity index (χ4n) is 1.14. The van der Waals surface area contributed by atoms with Crippen LogP contribution in [0.15, 0.2) is 17.8 Å². The number of rotatable bonds is 1. The van der Waals surface area contributed by atoms with Crippen molar-refractivity contribution in [1.29, 1.82) is 0 Å². The second-order valence-electron chi connectivity index (χ2n) is 2.55. The summed E-state index contributed by atoms with van der Waals surface area (Å²) in [4.78, 5) is 15.8. The van der Waals surface area contributed by atoms with E-state index in [9.17, 15) is 0 Å². The Morgan fingerprint density at radius 2 is 2.38 bits per heavy atom. The zero-order chi connectivity index (χ0) is 9.26. The molecule has 13 heavy (non-hydrogen) atoms. The lowest BCUT2D eigenvalue weighted by atomic mass is 10.5. The third-order valence-electron chi connectivity index (χ3n) is 1.71. The van der Waals surface area contributed by atoms with Gasteiger partial charge in [0.2, 0.25) is 5.49 Å². The van der Waals surface area contributed by atoms with Crippen molar-refractivity contribution in [3.8, 4) is 0 Å². The average Bonchev–Trinajstić information content (AvgIpc) is 2.59. The van der Waals surface area contributed by atoms with Crippen LogP contribution in [0.1, 0.15) is 0 Å². The van der Waals surface area contributed by atoms with Gasteiger partial charge in [0, 0.05) is 7.05 Å². The molecule has 1 N–H and O–H groups in total. The Balaban J connectivity index is 2.86. The molecule has 6 heteroatoms. The Morgan fingerprint density at radius 1 is 1.54 bits per heavy atom. The molecule has 0 aliphatic rings. The van der Waals surface area contributed by atoms with Gasteiger partial charge in [0.25, 0.3) is 0 Å². The standard InChI is InChI=1S/C7H9N5O/c1-12-4-10-6(11-13-2)5-7(12)9-3-8-5/h3-4H,1-2H3,(H,8,9). The van der Waals surface area contributed by atoms with E-state index in [4.69, 9.17) is 0 Å². The summed E-state index contributed by atoms with van der Waals surface area (Å²) < 4.78 is 1.81. The molecular formula is C7H9N5O. The number of hydrogen-bond donors (Lipinski definition) is 1. The number of nitrogens with zero attached hydrogens (tertiary/aromatic N) is 4. The summed E-state index contributed by atoms with van der Waals surface area (Å²) in [5, 5.41) is 3.75. The number of hydrogen-bond acceptors (Lipinski definition) is 4. The summed E-state index contributed by atoms with van der Waals surface area (Å²) >= 11 is 0. The lowest BCUT2D eigenvalue weighted by molar-refractivity contribution is 0.199. The molecule has 68 valence electrons. The number of nitrogens with one attached hydrogen (secondary N) is 1. The molecule has 0 saturated carbocycles. The molecule has 0 spiro atoms. The average molecular weight is 179 g/mol. The van der Waals surface area contributed by atoms with E-state index in [-0.39, 0.29) is 0 Å². The van der Waals surface area contributed by atoms with E-state index in [1.54, 1.807) is 17.2 Å². The van der Waals surface area contributed by atoms with Crippen LogP contribution >= 0.6 is 0 Å². The van der Waals surface area contributed by atoms with Crippen LogP contribution < -0.4 is 5.49 Å². The highest BCUT2D eigenvalue weighted by Gasteiger charge is 2.01. The number of imidazole rings is 1. The SMILES string of the molecule is CON=c1ncn(C)c2nc[nH]c12. The number of aromatic nitrogens is 4. The van der Waals surface area contributed by atoms with Gasteiger partial charge in [0.05, 0.1) is 12.7 Å². The van der Waals surface area contributed by atoms with E-state index in [1.165, 1.54) is 7.11 Å². The van der Waals surface area contributed by atoms with Crippen LogP contribution in [0.4, 0.5) is 0 Å². The highest BCUT2D eigenvalue weighted by atomic mass is 16.6. The first-order valence-electron chi connectivity index (χ1n) is 3.75. The van der Waals surface area contributed by atoms with E-state index in [0.717, 1.165) is 11.2 Å². The summed E-state index contributed by atoms with van der Waals surface area (Å²) in [6.45, 7) is 0. The van der Waals surface area contributed by atoms with Crippen LogP contribution in [-0.2, 0) is 11.9 Å². The predicted molar refractivity (Wildman–Crippen MR) is 45.4 cm³/mol. The van der Waals surface area contributed by atoms with Gasteiger partial charge in [-0.05, 0) is 0 Å². The lowest BCUT2D eigenvalue weighted by Gasteiger charge is -1.97. The fraction of sp³-hybridized carbons (Fsp3) is 0.286. The molecule has 0 aromatic carbocycles.